The minimum atomic E-state index is -0.727. The van der Waals surface area contributed by atoms with E-state index in [1.54, 1.807) is 24.3 Å². The average molecular weight is 518 g/mol. The Balaban J connectivity index is 1.89. The van der Waals surface area contributed by atoms with Gasteiger partial charge >= 0.3 is 0 Å². The number of aryl methyl sites for hydroxylation is 1. The molecule has 0 radical (unpaired) electrons. The molecule has 3 aromatic carbocycles. The SMILES string of the molecule is CCc1ccc(C2/C(=C(\O)c3ccc(Br)cc3)C(=O)C(=O)N2c2ccc(C(C)(C)C)cc2)cc1. The summed E-state index contributed by atoms with van der Waals surface area (Å²) in [7, 11) is 0. The van der Waals surface area contributed by atoms with E-state index in [4.69, 9.17) is 0 Å². The summed E-state index contributed by atoms with van der Waals surface area (Å²) in [5, 5.41) is 11.2. The first kappa shape index (κ1) is 24.0. The number of carbonyl (C=O) groups is 2. The van der Waals surface area contributed by atoms with E-state index in [2.05, 4.69) is 43.6 Å². The fourth-order valence-corrected chi connectivity index (χ4v) is 4.50. The summed E-state index contributed by atoms with van der Waals surface area (Å²) in [6.45, 7) is 8.45. The molecule has 4 rings (SSSR count). The molecule has 1 atom stereocenters. The van der Waals surface area contributed by atoms with Gasteiger partial charge in [0.1, 0.15) is 5.76 Å². The Bertz CT molecular complexity index is 1250. The van der Waals surface area contributed by atoms with Gasteiger partial charge in [-0.2, -0.15) is 0 Å². The van der Waals surface area contributed by atoms with Crippen LogP contribution in [0.3, 0.4) is 0 Å². The molecule has 0 spiro atoms. The highest BCUT2D eigenvalue weighted by molar-refractivity contribution is 9.10. The summed E-state index contributed by atoms with van der Waals surface area (Å²) in [4.78, 5) is 28.1. The van der Waals surface area contributed by atoms with Gasteiger partial charge in [-0.05, 0) is 52.8 Å². The van der Waals surface area contributed by atoms with Crippen LogP contribution in [0.5, 0.6) is 0 Å². The zero-order valence-corrected chi connectivity index (χ0v) is 21.4. The summed E-state index contributed by atoms with van der Waals surface area (Å²) < 4.78 is 0.857. The Morgan fingerprint density at radius 1 is 0.912 bits per heavy atom. The van der Waals surface area contributed by atoms with Gasteiger partial charge in [-0.25, -0.2) is 0 Å². The molecule has 1 saturated heterocycles. The zero-order valence-electron chi connectivity index (χ0n) is 19.8. The average Bonchev–Trinajstić information content (AvgIpc) is 3.09. The van der Waals surface area contributed by atoms with E-state index < -0.39 is 17.7 Å². The van der Waals surface area contributed by atoms with Gasteiger partial charge in [0, 0.05) is 15.7 Å². The van der Waals surface area contributed by atoms with E-state index in [0.29, 0.717) is 11.3 Å². The highest BCUT2D eigenvalue weighted by Crippen LogP contribution is 2.42. The van der Waals surface area contributed by atoms with Gasteiger partial charge < -0.3 is 5.11 Å². The van der Waals surface area contributed by atoms with Gasteiger partial charge in [0.05, 0.1) is 11.6 Å². The molecule has 1 aliphatic rings. The Morgan fingerprint density at radius 3 is 2.03 bits per heavy atom. The summed E-state index contributed by atoms with van der Waals surface area (Å²) in [6, 6.07) is 21.9. The Labute approximate surface area is 209 Å². The molecular formula is C29H28BrNO3. The fourth-order valence-electron chi connectivity index (χ4n) is 4.24. The number of amides is 1. The highest BCUT2D eigenvalue weighted by atomic mass is 79.9. The summed E-state index contributed by atoms with van der Waals surface area (Å²) in [6.07, 6.45) is 0.883. The molecule has 0 aliphatic carbocycles. The van der Waals surface area contributed by atoms with Crippen LogP contribution in [0, 0.1) is 0 Å². The van der Waals surface area contributed by atoms with Gasteiger partial charge in [-0.1, -0.05) is 92.2 Å². The van der Waals surface area contributed by atoms with Crippen molar-refractivity contribution in [1.29, 1.82) is 0 Å². The molecule has 1 fully saturated rings. The number of carbonyl (C=O) groups excluding carboxylic acids is 2. The number of hydrogen-bond donors (Lipinski definition) is 1. The van der Waals surface area contributed by atoms with E-state index in [0.717, 1.165) is 27.6 Å². The number of ketones is 1. The first-order chi connectivity index (χ1) is 16.1. The molecule has 1 heterocycles. The molecule has 1 N–H and O–H groups in total. The first-order valence-corrected chi connectivity index (χ1v) is 12.2. The molecule has 0 aromatic heterocycles. The van der Waals surface area contributed by atoms with Gasteiger partial charge in [0.15, 0.2) is 0 Å². The number of nitrogens with zero attached hydrogens (tertiary/aromatic N) is 1. The minimum Gasteiger partial charge on any atom is -0.507 e. The quantitative estimate of drug-likeness (QED) is 0.231. The fraction of sp³-hybridized carbons (Fsp3) is 0.241. The Kier molecular flexibility index (Phi) is 6.50. The largest absolute Gasteiger partial charge is 0.507 e. The van der Waals surface area contributed by atoms with Crippen molar-refractivity contribution in [3.05, 3.63) is 105 Å². The number of rotatable bonds is 4. The molecule has 1 unspecified atom stereocenters. The number of Topliss-reactive ketones (excluding diaryl/α,β-unsaturated/α-hetero) is 1. The van der Waals surface area contributed by atoms with Crippen molar-refractivity contribution in [3.63, 3.8) is 0 Å². The highest BCUT2D eigenvalue weighted by Gasteiger charge is 2.47. The molecule has 174 valence electrons. The number of hydrogen-bond acceptors (Lipinski definition) is 3. The van der Waals surface area contributed by atoms with E-state index in [-0.39, 0.29) is 16.7 Å². The molecule has 4 nitrogen and oxygen atoms in total. The van der Waals surface area contributed by atoms with Crippen molar-refractivity contribution in [1.82, 2.24) is 0 Å². The van der Waals surface area contributed by atoms with Crippen LogP contribution in [0.1, 0.15) is 56.0 Å². The van der Waals surface area contributed by atoms with Crippen molar-refractivity contribution in [3.8, 4) is 0 Å². The number of aliphatic hydroxyl groups excluding tert-OH is 1. The minimum absolute atomic E-state index is 0.0380. The lowest BCUT2D eigenvalue weighted by Crippen LogP contribution is -2.29. The summed E-state index contributed by atoms with van der Waals surface area (Å²) in [5.41, 5.74) is 4.22. The third kappa shape index (κ3) is 4.45. The number of halogens is 1. The smallest absolute Gasteiger partial charge is 0.300 e. The maximum Gasteiger partial charge on any atom is 0.300 e. The standard InChI is InChI=1S/C29H28BrNO3/c1-5-18-6-8-19(9-7-18)25-24(26(32)20-10-14-22(30)15-11-20)27(33)28(34)31(25)23-16-12-21(13-17-23)29(2,3)4/h6-17,25,32H,5H2,1-4H3/b26-24+. The summed E-state index contributed by atoms with van der Waals surface area (Å²) in [5.74, 6) is -1.51. The Morgan fingerprint density at radius 2 is 1.50 bits per heavy atom. The van der Waals surface area contributed by atoms with Crippen molar-refractivity contribution in [2.45, 2.75) is 45.6 Å². The van der Waals surface area contributed by atoms with Crippen molar-refractivity contribution in [2.24, 2.45) is 0 Å². The summed E-state index contributed by atoms with van der Waals surface area (Å²) >= 11 is 3.39. The van der Waals surface area contributed by atoms with Crippen molar-refractivity contribution in [2.75, 3.05) is 4.90 Å². The van der Waals surface area contributed by atoms with Gasteiger partial charge in [0.25, 0.3) is 11.7 Å². The van der Waals surface area contributed by atoms with Gasteiger partial charge in [-0.15, -0.1) is 0 Å². The second-order valence-corrected chi connectivity index (χ2v) is 10.5. The van der Waals surface area contributed by atoms with E-state index >= 15 is 0 Å². The van der Waals surface area contributed by atoms with Crippen molar-refractivity contribution >= 4 is 39.1 Å². The van der Waals surface area contributed by atoms with Crippen LogP contribution in [-0.2, 0) is 21.4 Å². The van der Waals surface area contributed by atoms with Crippen LogP contribution in [0.4, 0.5) is 5.69 Å². The molecule has 5 heteroatoms. The monoisotopic (exact) mass is 517 g/mol. The third-order valence-electron chi connectivity index (χ3n) is 6.28. The number of benzene rings is 3. The Hall–Kier alpha value is -3.18. The normalized spacial score (nSPS) is 17.9. The van der Waals surface area contributed by atoms with E-state index in [9.17, 15) is 14.7 Å². The topological polar surface area (TPSA) is 57.6 Å². The molecule has 0 saturated carbocycles. The van der Waals surface area contributed by atoms with Crippen LogP contribution >= 0.6 is 15.9 Å². The second kappa shape index (κ2) is 9.22. The van der Waals surface area contributed by atoms with E-state index in [1.165, 1.54) is 4.90 Å². The first-order valence-electron chi connectivity index (χ1n) is 11.4. The van der Waals surface area contributed by atoms with Gasteiger partial charge in [-0.3, -0.25) is 14.5 Å². The molecular weight excluding hydrogens is 490 g/mol. The number of aliphatic hydroxyl groups is 1. The maximum absolute atomic E-state index is 13.3. The van der Waals surface area contributed by atoms with Crippen LogP contribution in [0.2, 0.25) is 0 Å². The van der Waals surface area contributed by atoms with Crippen LogP contribution < -0.4 is 4.90 Å². The molecule has 34 heavy (non-hydrogen) atoms. The van der Waals surface area contributed by atoms with Crippen LogP contribution in [0.25, 0.3) is 5.76 Å². The predicted molar refractivity (Wildman–Crippen MR) is 140 cm³/mol. The van der Waals surface area contributed by atoms with Gasteiger partial charge in [0.2, 0.25) is 0 Å². The predicted octanol–water partition coefficient (Wildman–Crippen LogP) is 6.94. The second-order valence-electron chi connectivity index (χ2n) is 9.57. The van der Waals surface area contributed by atoms with Crippen LogP contribution in [0.15, 0.2) is 82.8 Å². The van der Waals surface area contributed by atoms with E-state index in [1.807, 2.05) is 48.5 Å². The molecule has 3 aromatic rings. The third-order valence-corrected chi connectivity index (χ3v) is 6.81. The lowest BCUT2D eigenvalue weighted by Gasteiger charge is -2.27. The molecule has 0 bridgehead atoms. The maximum atomic E-state index is 13.3. The molecule has 1 aliphatic heterocycles. The molecule has 1 amide bonds. The van der Waals surface area contributed by atoms with Crippen LogP contribution in [-0.4, -0.2) is 16.8 Å². The zero-order chi connectivity index (χ0) is 24.6. The lowest BCUT2D eigenvalue weighted by molar-refractivity contribution is -0.132. The lowest BCUT2D eigenvalue weighted by atomic mass is 9.87. The number of anilines is 1. The van der Waals surface area contributed by atoms with Crippen molar-refractivity contribution < 1.29 is 14.7 Å².